The summed E-state index contributed by atoms with van der Waals surface area (Å²) in [5.74, 6) is 1.50. The molecule has 1 atom stereocenters. The number of anilines is 1. The van der Waals surface area contributed by atoms with Crippen molar-refractivity contribution in [2.45, 2.75) is 26.4 Å². The van der Waals surface area contributed by atoms with Crippen LogP contribution in [0, 0.1) is 6.92 Å². The minimum Gasteiger partial charge on any atom is -0.481 e. The maximum absolute atomic E-state index is 5.20. The Labute approximate surface area is 137 Å². The molecule has 3 heterocycles. The molecule has 122 valence electrons. The molecular weight excluding hydrogens is 290 g/mol. The number of methoxy groups -OCH3 is 1. The van der Waals surface area contributed by atoms with E-state index in [0.29, 0.717) is 11.9 Å². The summed E-state index contributed by atoms with van der Waals surface area (Å²) in [6.07, 6.45) is 1.83. The number of nitrogens with zero attached hydrogens (tertiary/aromatic N) is 5. The molecule has 0 radical (unpaired) electrons. The van der Waals surface area contributed by atoms with Gasteiger partial charge in [-0.2, -0.15) is 0 Å². The van der Waals surface area contributed by atoms with Crippen LogP contribution in [0.5, 0.6) is 5.88 Å². The maximum atomic E-state index is 5.20. The molecule has 1 fully saturated rings. The topological polar surface area (TPSA) is 54.4 Å². The highest BCUT2D eigenvalue weighted by atomic mass is 16.5. The smallest absolute Gasteiger partial charge is 0.225 e. The van der Waals surface area contributed by atoms with Crippen LogP contribution >= 0.6 is 0 Å². The first kappa shape index (κ1) is 15.7. The lowest BCUT2D eigenvalue weighted by Gasteiger charge is -2.39. The van der Waals surface area contributed by atoms with Gasteiger partial charge in [-0.25, -0.2) is 15.0 Å². The molecule has 1 unspecified atom stereocenters. The highest BCUT2D eigenvalue weighted by Crippen LogP contribution is 2.18. The van der Waals surface area contributed by atoms with E-state index >= 15 is 0 Å². The lowest BCUT2D eigenvalue weighted by molar-refractivity contribution is 0.177. The molecule has 0 bridgehead atoms. The number of aromatic nitrogens is 3. The van der Waals surface area contributed by atoms with E-state index in [-0.39, 0.29) is 0 Å². The van der Waals surface area contributed by atoms with E-state index in [1.807, 2.05) is 37.4 Å². The van der Waals surface area contributed by atoms with Crippen LogP contribution in [0.4, 0.5) is 5.95 Å². The van der Waals surface area contributed by atoms with Crippen LogP contribution in [-0.2, 0) is 6.54 Å². The standard InChI is InChI=1S/C17H23N5O/c1-13-7-8-18-17(19-13)22-10-9-21(14(2)11-22)12-15-5-4-6-16(20-15)23-3/h4-8,14H,9-12H2,1-3H3. The lowest BCUT2D eigenvalue weighted by Crippen LogP contribution is -2.52. The Bertz CT molecular complexity index is 663. The molecule has 0 aliphatic carbocycles. The molecule has 0 N–H and O–H groups in total. The molecule has 23 heavy (non-hydrogen) atoms. The van der Waals surface area contributed by atoms with Crippen molar-refractivity contribution in [1.82, 2.24) is 19.9 Å². The third-order valence-corrected chi connectivity index (χ3v) is 4.19. The first-order valence-electron chi connectivity index (χ1n) is 7.94. The van der Waals surface area contributed by atoms with Crippen LogP contribution < -0.4 is 9.64 Å². The lowest BCUT2D eigenvalue weighted by atomic mass is 10.2. The van der Waals surface area contributed by atoms with Crippen molar-refractivity contribution in [2.75, 3.05) is 31.6 Å². The van der Waals surface area contributed by atoms with Crippen LogP contribution in [0.1, 0.15) is 18.3 Å². The summed E-state index contributed by atoms with van der Waals surface area (Å²) in [6, 6.07) is 8.26. The largest absolute Gasteiger partial charge is 0.481 e. The van der Waals surface area contributed by atoms with Gasteiger partial charge in [0.15, 0.2) is 0 Å². The molecular formula is C17H23N5O. The molecule has 6 nitrogen and oxygen atoms in total. The van der Waals surface area contributed by atoms with Crippen LogP contribution in [0.3, 0.4) is 0 Å². The van der Waals surface area contributed by atoms with Gasteiger partial charge in [-0.3, -0.25) is 4.90 Å². The van der Waals surface area contributed by atoms with Crippen LogP contribution in [-0.4, -0.2) is 52.6 Å². The normalized spacial score (nSPS) is 18.9. The highest BCUT2D eigenvalue weighted by Gasteiger charge is 2.25. The fraction of sp³-hybridized carbons (Fsp3) is 0.471. The first-order chi connectivity index (χ1) is 11.2. The Morgan fingerprint density at radius 3 is 2.83 bits per heavy atom. The summed E-state index contributed by atoms with van der Waals surface area (Å²) in [6.45, 7) is 7.89. The summed E-state index contributed by atoms with van der Waals surface area (Å²) < 4.78 is 5.20. The molecule has 0 saturated carbocycles. The quantitative estimate of drug-likeness (QED) is 0.859. The SMILES string of the molecule is COc1cccc(CN2CCN(c3nccc(C)n3)CC2C)n1. The van der Waals surface area contributed by atoms with Crippen molar-refractivity contribution in [3.8, 4) is 5.88 Å². The van der Waals surface area contributed by atoms with Gasteiger partial charge < -0.3 is 9.64 Å². The van der Waals surface area contributed by atoms with Gasteiger partial charge in [0, 0.05) is 50.2 Å². The fourth-order valence-electron chi connectivity index (χ4n) is 2.87. The second kappa shape index (κ2) is 6.91. The third kappa shape index (κ3) is 3.76. The second-order valence-electron chi connectivity index (χ2n) is 5.93. The van der Waals surface area contributed by atoms with Crippen molar-refractivity contribution in [1.29, 1.82) is 0 Å². The molecule has 1 saturated heterocycles. The number of rotatable bonds is 4. The van der Waals surface area contributed by atoms with Gasteiger partial charge in [0.05, 0.1) is 12.8 Å². The Kier molecular flexibility index (Phi) is 4.71. The van der Waals surface area contributed by atoms with E-state index in [1.165, 1.54) is 0 Å². The molecule has 0 amide bonds. The minimum atomic E-state index is 0.417. The van der Waals surface area contributed by atoms with Crippen molar-refractivity contribution in [3.05, 3.63) is 41.9 Å². The van der Waals surface area contributed by atoms with Gasteiger partial charge in [0.25, 0.3) is 0 Å². The van der Waals surface area contributed by atoms with Gasteiger partial charge >= 0.3 is 0 Å². The Hall–Kier alpha value is -2.21. The van der Waals surface area contributed by atoms with Gasteiger partial charge in [-0.1, -0.05) is 6.07 Å². The van der Waals surface area contributed by atoms with E-state index in [2.05, 4.69) is 31.7 Å². The molecule has 0 spiro atoms. The Balaban J connectivity index is 1.64. The van der Waals surface area contributed by atoms with Crippen LogP contribution in [0.25, 0.3) is 0 Å². The predicted molar refractivity (Wildman–Crippen MR) is 89.6 cm³/mol. The second-order valence-corrected chi connectivity index (χ2v) is 5.93. The number of ether oxygens (including phenoxy) is 1. The van der Waals surface area contributed by atoms with Gasteiger partial charge in [-0.15, -0.1) is 0 Å². The van der Waals surface area contributed by atoms with Crippen LogP contribution in [0.2, 0.25) is 0 Å². The van der Waals surface area contributed by atoms with Gasteiger partial charge in [0.2, 0.25) is 11.8 Å². The fourth-order valence-corrected chi connectivity index (χ4v) is 2.87. The zero-order valence-electron chi connectivity index (χ0n) is 13.9. The summed E-state index contributed by atoms with van der Waals surface area (Å²) in [5.41, 5.74) is 2.04. The highest BCUT2D eigenvalue weighted by molar-refractivity contribution is 5.31. The monoisotopic (exact) mass is 313 g/mol. The molecule has 0 aromatic carbocycles. The summed E-state index contributed by atoms with van der Waals surface area (Å²) >= 11 is 0. The van der Waals surface area contributed by atoms with Crippen molar-refractivity contribution in [3.63, 3.8) is 0 Å². The van der Waals surface area contributed by atoms with Crippen LogP contribution in [0.15, 0.2) is 30.5 Å². The molecule has 6 heteroatoms. The molecule has 1 aliphatic rings. The zero-order chi connectivity index (χ0) is 16.2. The average Bonchev–Trinajstić information content (AvgIpc) is 2.57. The molecule has 3 rings (SSSR count). The van der Waals surface area contributed by atoms with E-state index in [4.69, 9.17) is 4.74 Å². The predicted octanol–water partition coefficient (Wildman–Crippen LogP) is 1.90. The summed E-state index contributed by atoms with van der Waals surface area (Å²) in [7, 11) is 1.65. The number of hydrogen-bond donors (Lipinski definition) is 0. The Morgan fingerprint density at radius 1 is 1.22 bits per heavy atom. The minimum absolute atomic E-state index is 0.417. The van der Waals surface area contributed by atoms with Gasteiger partial charge in [-0.05, 0) is 26.0 Å². The van der Waals surface area contributed by atoms with Gasteiger partial charge in [0.1, 0.15) is 0 Å². The van der Waals surface area contributed by atoms with Crippen molar-refractivity contribution in [2.24, 2.45) is 0 Å². The number of pyridine rings is 1. The zero-order valence-corrected chi connectivity index (χ0v) is 13.9. The molecule has 2 aromatic rings. The number of hydrogen-bond acceptors (Lipinski definition) is 6. The first-order valence-corrected chi connectivity index (χ1v) is 7.94. The summed E-state index contributed by atoms with van der Waals surface area (Å²) in [4.78, 5) is 18.1. The third-order valence-electron chi connectivity index (χ3n) is 4.19. The van der Waals surface area contributed by atoms with E-state index in [9.17, 15) is 0 Å². The van der Waals surface area contributed by atoms with Crippen molar-refractivity contribution >= 4 is 5.95 Å². The number of aryl methyl sites for hydroxylation is 1. The summed E-state index contributed by atoms with van der Waals surface area (Å²) in [5, 5.41) is 0. The number of piperazine rings is 1. The van der Waals surface area contributed by atoms with E-state index < -0.39 is 0 Å². The molecule has 1 aliphatic heterocycles. The van der Waals surface area contributed by atoms with E-state index in [1.54, 1.807) is 7.11 Å². The Morgan fingerprint density at radius 2 is 2.09 bits per heavy atom. The average molecular weight is 313 g/mol. The maximum Gasteiger partial charge on any atom is 0.225 e. The molecule has 2 aromatic heterocycles. The van der Waals surface area contributed by atoms with Crippen molar-refractivity contribution < 1.29 is 4.74 Å². The van der Waals surface area contributed by atoms with E-state index in [0.717, 1.165) is 43.5 Å².